The number of aryl methyl sites for hydroxylation is 2. The van der Waals surface area contributed by atoms with Crippen molar-refractivity contribution in [2.75, 3.05) is 0 Å². The summed E-state index contributed by atoms with van der Waals surface area (Å²) in [4.78, 5) is 0. The van der Waals surface area contributed by atoms with Gasteiger partial charge in [-0.1, -0.05) is 24.3 Å². The molecule has 0 spiro atoms. The Morgan fingerprint density at radius 3 is 1.13 bits per heavy atom. The second-order valence-electron chi connectivity index (χ2n) is 6.11. The SMILES string of the molecule is O=S(=O)(Oc1ccc(CCCc2ccc(OS(=O)(=O)C(F)(F)F)cc2)cc1)C(F)(F)F. The predicted molar refractivity (Wildman–Crippen MR) is 96.1 cm³/mol. The molecule has 0 saturated heterocycles. The van der Waals surface area contributed by atoms with Crippen molar-refractivity contribution in [3.05, 3.63) is 59.7 Å². The van der Waals surface area contributed by atoms with Gasteiger partial charge in [-0.05, 0) is 54.7 Å². The Morgan fingerprint density at radius 2 is 0.871 bits per heavy atom. The highest BCUT2D eigenvalue weighted by molar-refractivity contribution is 7.88. The topological polar surface area (TPSA) is 86.7 Å². The minimum absolute atomic E-state index is 0.451. The fraction of sp³-hybridized carbons (Fsp3) is 0.294. The smallest absolute Gasteiger partial charge is 0.376 e. The van der Waals surface area contributed by atoms with Crippen LogP contribution in [0.3, 0.4) is 0 Å². The molecule has 0 aliphatic heterocycles. The second-order valence-corrected chi connectivity index (χ2v) is 9.18. The Bertz CT molecular complexity index is 1000. The van der Waals surface area contributed by atoms with Crippen molar-refractivity contribution >= 4 is 20.2 Å². The van der Waals surface area contributed by atoms with E-state index in [0.29, 0.717) is 30.4 Å². The number of hydrogen-bond donors (Lipinski definition) is 0. The van der Waals surface area contributed by atoms with Gasteiger partial charge in [-0.3, -0.25) is 0 Å². The number of rotatable bonds is 8. The predicted octanol–water partition coefficient (Wildman–Crippen LogP) is 4.32. The number of hydrogen-bond acceptors (Lipinski definition) is 6. The molecule has 0 aromatic heterocycles. The molecule has 0 bridgehead atoms. The molecule has 31 heavy (non-hydrogen) atoms. The summed E-state index contributed by atoms with van der Waals surface area (Å²) in [5.41, 5.74) is -9.73. The van der Waals surface area contributed by atoms with Crippen molar-refractivity contribution in [3.8, 4) is 11.5 Å². The van der Waals surface area contributed by atoms with Gasteiger partial charge in [0.1, 0.15) is 11.5 Å². The third kappa shape index (κ3) is 6.75. The molecule has 0 radical (unpaired) electrons. The summed E-state index contributed by atoms with van der Waals surface area (Å²) in [6.45, 7) is 0. The summed E-state index contributed by atoms with van der Waals surface area (Å²) < 4.78 is 125. The van der Waals surface area contributed by atoms with Crippen molar-refractivity contribution in [1.29, 1.82) is 0 Å². The van der Waals surface area contributed by atoms with Crippen LogP contribution in [0.5, 0.6) is 11.5 Å². The summed E-state index contributed by atoms with van der Waals surface area (Å²) in [6.07, 6.45) is 1.43. The lowest BCUT2D eigenvalue weighted by Crippen LogP contribution is -2.28. The molecule has 0 heterocycles. The summed E-state index contributed by atoms with van der Waals surface area (Å²) in [5, 5.41) is 0. The maximum atomic E-state index is 12.3. The molecule has 2 aromatic carbocycles. The maximum Gasteiger partial charge on any atom is 0.534 e. The maximum absolute atomic E-state index is 12.3. The second kappa shape index (κ2) is 8.94. The van der Waals surface area contributed by atoms with E-state index < -0.39 is 42.8 Å². The van der Waals surface area contributed by atoms with Gasteiger partial charge in [0.25, 0.3) is 0 Å². The number of benzene rings is 2. The van der Waals surface area contributed by atoms with Crippen molar-refractivity contribution in [3.63, 3.8) is 0 Å². The molecule has 0 aliphatic carbocycles. The van der Waals surface area contributed by atoms with Crippen LogP contribution in [0.4, 0.5) is 26.3 Å². The van der Waals surface area contributed by atoms with Crippen molar-refractivity contribution in [2.24, 2.45) is 0 Å². The first-order valence-corrected chi connectivity index (χ1v) is 11.1. The van der Waals surface area contributed by atoms with Crippen LogP contribution in [0.15, 0.2) is 48.5 Å². The average molecular weight is 492 g/mol. The fourth-order valence-corrected chi connectivity index (χ4v) is 3.19. The van der Waals surface area contributed by atoms with E-state index in [4.69, 9.17) is 0 Å². The van der Waals surface area contributed by atoms with Crippen LogP contribution in [0.1, 0.15) is 17.5 Å². The molecule has 0 unspecified atom stereocenters. The van der Waals surface area contributed by atoms with E-state index in [1.165, 1.54) is 24.3 Å². The van der Waals surface area contributed by atoms with Crippen LogP contribution < -0.4 is 8.37 Å². The average Bonchev–Trinajstić information content (AvgIpc) is 2.62. The molecule has 0 saturated carbocycles. The van der Waals surface area contributed by atoms with Crippen LogP contribution in [0.25, 0.3) is 0 Å². The van der Waals surface area contributed by atoms with E-state index in [0.717, 1.165) is 24.3 Å². The number of alkyl halides is 6. The lowest BCUT2D eigenvalue weighted by Gasteiger charge is -2.10. The Kier molecular flexibility index (Phi) is 7.15. The first kappa shape index (κ1) is 24.8. The third-order valence-corrected chi connectivity index (χ3v) is 5.71. The molecule has 172 valence electrons. The Balaban J connectivity index is 1.88. The zero-order valence-electron chi connectivity index (χ0n) is 15.3. The molecule has 6 nitrogen and oxygen atoms in total. The standard InChI is InChI=1S/C17H14F6O6S2/c18-16(19,20)30(24,25)28-14-8-4-12(5-9-14)2-1-3-13-6-10-15(11-7-13)29-31(26,27)17(21,22)23/h4-11H,1-3H2. The fourth-order valence-electron chi connectivity index (χ4n) is 2.27. The third-order valence-electron chi connectivity index (χ3n) is 3.76. The van der Waals surface area contributed by atoms with Gasteiger partial charge in [-0.15, -0.1) is 0 Å². The zero-order chi connectivity index (χ0) is 23.5. The van der Waals surface area contributed by atoms with Crippen molar-refractivity contribution in [1.82, 2.24) is 0 Å². The lowest BCUT2D eigenvalue weighted by molar-refractivity contribution is -0.0504. The normalized spacial score (nSPS) is 13.1. The molecular formula is C17H14F6O6S2. The highest BCUT2D eigenvalue weighted by Crippen LogP contribution is 2.28. The van der Waals surface area contributed by atoms with Gasteiger partial charge >= 0.3 is 31.3 Å². The van der Waals surface area contributed by atoms with Gasteiger partial charge in [-0.2, -0.15) is 43.2 Å². The van der Waals surface area contributed by atoms with Gasteiger partial charge in [0.15, 0.2) is 0 Å². The Hall–Kier alpha value is -2.48. The molecule has 0 aliphatic rings. The molecule has 2 rings (SSSR count). The molecule has 0 atom stereocenters. The monoisotopic (exact) mass is 492 g/mol. The zero-order valence-corrected chi connectivity index (χ0v) is 16.9. The highest BCUT2D eigenvalue weighted by Gasteiger charge is 2.49. The van der Waals surface area contributed by atoms with Crippen LogP contribution in [-0.2, 0) is 33.1 Å². The van der Waals surface area contributed by atoms with Gasteiger partial charge < -0.3 is 8.37 Å². The number of halogens is 6. The molecular weight excluding hydrogens is 478 g/mol. The quantitative estimate of drug-likeness (QED) is 0.310. The van der Waals surface area contributed by atoms with Crippen LogP contribution >= 0.6 is 0 Å². The Labute approximate surface area is 173 Å². The summed E-state index contributed by atoms with van der Waals surface area (Å²) in [5.74, 6) is -0.990. The minimum Gasteiger partial charge on any atom is -0.376 e. The van der Waals surface area contributed by atoms with Gasteiger partial charge in [0.2, 0.25) is 0 Å². The van der Waals surface area contributed by atoms with Crippen molar-refractivity contribution < 1.29 is 51.5 Å². The summed E-state index contributed by atoms with van der Waals surface area (Å²) in [6, 6.07) is 9.86. The highest BCUT2D eigenvalue weighted by atomic mass is 32.2. The lowest BCUT2D eigenvalue weighted by atomic mass is 10.0. The van der Waals surface area contributed by atoms with E-state index in [1.54, 1.807) is 0 Å². The molecule has 0 fully saturated rings. The van der Waals surface area contributed by atoms with Crippen LogP contribution in [-0.4, -0.2) is 27.9 Å². The van der Waals surface area contributed by atoms with E-state index in [2.05, 4.69) is 8.37 Å². The van der Waals surface area contributed by atoms with E-state index in [9.17, 15) is 43.2 Å². The Morgan fingerprint density at radius 1 is 0.581 bits per heavy atom. The molecule has 14 heteroatoms. The van der Waals surface area contributed by atoms with E-state index in [-0.39, 0.29) is 0 Å². The van der Waals surface area contributed by atoms with Gasteiger partial charge in [0, 0.05) is 0 Å². The van der Waals surface area contributed by atoms with E-state index >= 15 is 0 Å². The minimum atomic E-state index is -5.75. The summed E-state index contributed by atoms with van der Waals surface area (Å²) >= 11 is 0. The molecule has 0 N–H and O–H groups in total. The van der Waals surface area contributed by atoms with Crippen LogP contribution in [0.2, 0.25) is 0 Å². The van der Waals surface area contributed by atoms with Crippen molar-refractivity contribution in [2.45, 2.75) is 30.3 Å². The largest absolute Gasteiger partial charge is 0.534 e. The first-order valence-electron chi connectivity index (χ1n) is 8.30. The van der Waals surface area contributed by atoms with Gasteiger partial charge in [0.05, 0.1) is 0 Å². The summed E-state index contributed by atoms with van der Waals surface area (Å²) in [7, 11) is -11.5. The molecule has 0 amide bonds. The first-order chi connectivity index (χ1) is 14.1. The van der Waals surface area contributed by atoms with Gasteiger partial charge in [-0.25, -0.2) is 0 Å². The van der Waals surface area contributed by atoms with E-state index in [1.807, 2.05) is 0 Å². The molecule has 2 aromatic rings. The van der Waals surface area contributed by atoms with Crippen LogP contribution in [0, 0.1) is 0 Å².